The molecule has 0 bridgehead atoms. The molecule has 0 unspecified atom stereocenters. The van der Waals surface area contributed by atoms with Crippen LogP contribution in [0.1, 0.15) is 22.8 Å². The summed E-state index contributed by atoms with van der Waals surface area (Å²) in [6.45, 7) is 2.15. The number of esters is 1. The zero-order valence-corrected chi connectivity index (χ0v) is 12.2. The lowest BCUT2D eigenvalue weighted by Gasteiger charge is -2.09. The van der Waals surface area contributed by atoms with Crippen LogP contribution in [0.15, 0.2) is 53.4 Å². The van der Waals surface area contributed by atoms with Gasteiger partial charge in [0.25, 0.3) is 0 Å². The third-order valence-corrected chi connectivity index (χ3v) is 3.88. The predicted octanol–water partition coefficient (Wildman–Crippen LogP) is 3.74. The quantitative estimate of drug-likeness (QED) is 0.517. The van der Waals surface area contributed by atoms with Gasteiger partial charge in [-0.05, 0) is 30.7 Å². The Morgan fingerprint density at radius 1 is 1.20 bits per heavy atom. The molecule has 0 aliphatic heterocycles. The summed E-state index contributed by atoms with van der Waals surface area (Å²) in [5.74, 6) is 0.479. The van der Waals surface area contributed by atoms with E-state index in [4.69, 9.17) is 10.5 Å². The van der Waals surface area contributed by atoms with Gasteiger partial charge in [0.15, 0.2) is 0 Å². The minimum absolute atomic E-state index is 0.324. The number of rotatable bonds is 5. The molecule has 0 saturated heterocycles. The van der Waals surface area contributed by atoms with Gasteiger partial charge in [0.1, 0.15) is 0 Å². The van der Waals surface area contributed by atoms with Gasteiger partial charge in [-0.2, -0.15) is 0 Å². The van der Waals surface area contributed by atoms with Crippen molar-refractivity contribution in [2.75, 3.05) is 12.3 Å². The SMILES string of the molecule is CCOC(=O)c1cc(N)ccc1SCc1ccccc1. The smallest absolute Gasteiger partial charge is 0.339 e. The third kappa shape index (κ3) is 3.78. The van der Waals surface area contributed by atoms with E-state index >= 15 is 0 Å². The van der Waals surface area contributed by atoms with Crippen LogP contribution in [0.5, 0.6) is 0 Å². The lowest BCUT2D eigenvalue weighted by Crippen LogP contribution is -2.07. The van der Waals surface area contributed by atoms with Crippen molar-refractivity contribution in [3.05, 3.63) is 59.7 Å². The zero-order chi connectivity index (χ0) is 14.4. The van der Waals surface area contributed by atoms with Crippen molar-refractivity contribution in [3.63, 3.8) is 0 Å². The van der Waals surface area contributed by atoms with Crippen molar-refractivity contribution in [1.29, 1.82) is 0 Å². The molecule has 0 aromatic heterocycles. The Labute approximate surface area is 123 Å². The van der Waals surface area contributed by atoms with E-state index in [2.05, 4.69) is 12.1 Å². The molecule has 0 amide bonds. The van der Waals surface area contributed by atoms with Gasteiger partial charge < -0.3 is 10.5 Å². The average Bonchev–Trinajstić information content (AvgIpc) is 2.47. The van der Waals surface area contributed by atoms with Crippen LogP contribution in [-0.2, 0) is 10.5 Å². The first-order valence-electron chi connectivity index (χ1n) is 6.44. The third-order valence-electron chi connectivity index (χ3n) is 2.74. The summed E-state index contributed by atoms with van der Waals surface area (Å²) in [5, 5.41) is 0. The van der Waals surface area contributed by atoms with Crippen molar-refractivity contribution in [2.24, 2.45) is 0 Å². The summed E-state index contributed by atoms with van der Waals surface area (Å²) in [6, 6.07) is 15.5. The van der Waals surface area contributed by atoms with Gasteiger partial charge >= 0.3 is 5.97 Å². The van der Waals surface area contributed by atoms with Crippen LogP contribution in [-0.4, -0.2) is 12.6 Å². The van der Waals surface area contributed by atoms with E-state index in [1.807, 2.05) is 24.3 Å². The molecule has 0 radical (unpaired) electrons. The maximum atomic E-state index is 11.9. The number of hydrogen-bond donors (Lipinski definition) is 1. The Balaban J connectivity index is 2.16. The second kappa shape index (κ2) is 7.01. The van der Waals surface area contributed by atoms with E-state index in [-0.39, 0.29) is 5.97 Å². The van der Waals surface area contributed by atoms with Crippen LogP contribution in [0.4, 0.5) is 5.69 Å². The molecule has 2 aromatic rings. The van der Waals surface area contributed by atoms with Crippen molar-refractivity contribution in [2.45, 2.75) is 17.6 Å². The first-order chi connectivity index (χ1) is 9.70. The van der Waals surface area contributed by atoms with Crippen LogP contribution in [0.25, 0.3) is 0 Å². The number of hydrogen-bond acceptors (Lipinski definition) is 4. The molecule has 0 atom stereocenters. The van der Waals surface area contributed by atoms with Gasteiger partial charge in [0, 0.05) is 16.3 Å². The van der Waals surface area contributed by atoms with Crippen LogP contribution < -0.4 is 5.73 Å². The fourth-order valence-electron chi connectivity index (χ4n) is 1.78. The maximum Gasteiger partial charge on any atom is 0.339 e. The predicted molar refractivity (Wildman–Crippen MR) is 82.8 cm³/mol. The Morgan fingerprint density at radius 3 is 2.65 bits per heavy atom. The number of carbonyl (C=O) groups excluding carboxylic acids is 1. The molecule has 20 heavy (non-hydrogen) atoms. The summed E-state index contributed by atoms with van der Waals surface area (Å²) < 4.78 is 5.07. The number of anilines is 1. The molecular formula is C16H17NO2S. The molecule has 4 heteroatoms. The fraction of sp³-hybridized carbons (Fsp3) is 0.188. The Morgan fingerprint density at radius 2 is 1.95 bits per heavy atom. The molecule has 2 rings (SSSR count). The molecule has 0 heterocycles. The molecule has 0 fully saturated rings. The number of benzene rings is 2. The number of ether oxygens (including phenoxy) is 1. The molecule has 104 valence electrons. The molecule has 2 N–H and O–H groups in total. The molecule has 0 spiro atoms. The van der Waals surface area contributed by atoms with Crippen molar-refractivity contribution in [3.8, 4) is 0 Å². The van der Waals surface area contributed by atoms with Gasteiger partial charge in [-0.3, -0.25) is 0 Å². The lowest BCUT2D eigenvalue weighted by atomic mass is 10.2. The molecule has 0 aliphatic carbocycles. The van der Waals surface area contributed by atoms with Gasteiger partial charge in [-0.1, -0.05) is 30.3 Å². The Bertz CT molecular complexity index is 584. The van der Waals surface area contributed by atoms with E-state index < -0.39 is 0 Å². The minimum atomic E-state index is -0.324. The van der Waals surface area contributed by atoms with Crippen LogP contribution in [0.3, 0.4) is 0 Å². The highest BCUT2D eigenvalue weighted by molar-refractivity contribution is 7.98. The average molecular weight is 287 g/mol. The number of nitrogen functional groups attached to an aromatic ring is 1. The maximum absolute atomic E-state index is 11.9. The lowest BCUT2D eigenvalue weighted by molar-refractivity contribution is 0.0522. The highest BCUT2D eigenvalue weighted by atomic mass is 32.2. The van der Waals surface area contributed by atoms with Crippen molar-refractivity contribution >= 4 is 23.4 Å². The van der Waals surface area contributed by atoms with Gasteiger partial charge in [0.05, 0.1) is 12.2 Å². The first-order valence-corrected chi connectivity index (χ1v) is 7.42. The summed E-state index contributed by atoms with van der Waals surface area (Å²) in [5.41, 5.74) is 8.07. The second-order valence-corrected chi connectivity index (χ2v) is 5.27. The van der Waals surface area contributed by atoms with E-state index in [9.17, 15) is 4.79 Å². The molecule has 3 nitrogen and oxygen atoms in total. The van der Waals surface area contributed by atoms with E-state index in [1.54, 1.807) is 30.8 Å². The standard InChI is InChI=1S/C16H17NO2S/c1-2-19-16(18)14-10-13(17)8-9-15(14)20-11-12-6-4-3-5-7-12/h3-10H,2,11,17H2,1H3. The van der Waals surface area contributed by atoms with Crippen LogP contribution >= 0.6 is 11.8 Å². The van der Waals surface area contributed by atoms with Crippen molar-refractivity contribution in [1.82, 2.24) is 0 Å². The Hall–Kier alpha value is -1.94. The van der Waals surface area contributed by atoms with E-state index in [1.165, 1.54) is 5.56 Å². The number of carbonyl (C=O) groups is 1. The van der Waals surface area contributed by atoms with Gasteiger partial charge in [-0.15, -0.1) is 11.8 Å². The fourth-order valence-corrected chi connectivity index (χ4v) is 2.75. The molecule has 0 saturated carbocycles. The van der Waals surface area contributed by atoms with Gasteiger partial charge in [-0.25, -0.2) is 4.79 Å². The highest BCUT2D eigenvalue weighted by Crippen LogP contribution is 2.28. The number of nitrogens with two attached hydrogens (primary N) is 1. The zero-order valence-electron chi connectivity index (χ0n) is 11.3. The monoisotopic (exact) mass is 287 g/mol. The van der Waals surface area contributed by atoms with Gasteiger partial charge in [0.2, 0.25) is 0 Å². The largest absolute Gasteiger partial charge is 0.462 e. The summed E-state index contributed by atoms with van der Waals surface area (Å²) in [7, 11) is 0. The molecular weight excluding hydrogens is 270 g/mol. The summed E-state index contributed by atoms with van der Waals surface area (Å²) >= 11 is 1.61. The Kier molecular flexibility index (Phi) is 5.07. The molecule has 0 aliphatic rings. The van der Waals surface area contributed by atoms with E-state index in [0.717, 1.165) is 10.6 Å². The topological polar surface area (TPSA) is 52.3 Å². The van der Waals surface area contributed by atoms with Crippen LogP contribution in [0.2, 0.25) is 0 Å². The molecule has 2 aromatic carbocycles. The number of thioether (sulfide) groups is 1. The van der Waals surface area contributed by atoms with E-state index in [0.29, 0.717) is 17.9 Å². The minimum Gasteiger partial charge on any atom is -0.462 e. The normalized spacial score (nSPS) is 10.2. The summed E-state index contributed by atoms with van der Waals surface area (Å²) in [6.07, 6.45) is 0. The van der Waals surface area contributed by atoms with Crippen LogP contribution in [0, 0.1) is 0 Å². The summed E-state index contributed by atoms with van der Waals surface area (Å²) in [4.78, 5) is 12.8. The second-order valence-electron chi connectivity index (χ2n) is 4.25. The van der Waals surface area contributed by atoms with Crippen molar-refractivity contribution < 1.29 is 9.53 Å². The highest BCUT2D eigenvalue weighted by Gasteiger charge is 2.13. The first kappa shape index (κ1) is 14.5.